The molecule has 148 valence electrons. The lowest BCUT2D eigenvalue weighted by Crippen LogP contribution is -2.56. The fourth-order valence-electron chi connectivity index (χ4n) is 3.47. The molecule has 1 fully saturated rings. The number of nitrogens with one attached hydrogen (secondary N) is 2. The van der Waals surface area contributed by atoms with Gasteiger partial charge in [0.2, 0.25) is 11.8 Å². The summed E-state index contributed by atoms with van der Waals surface area (Å²) in [4.78, 5) is 27.1. The molecule has 2 N–H and O–H groups in total. The average Bonchev–Trinajstić information content (AvgIpc) is 2.71. The van der Waals surface area contributed by atoms with Gasteiger partial charge < -0.3 is 15.4 Å². The number of hydrogen-bond acceptors (Lipinski definition) is 4. The Morgan fingerprint density at radius 3 is 2.64 bits per heavy atom. The fraction of sp³-hybridized carbons (Fsp3) is 0.364. The van der Waals surface area contributed by atoms with Crippen LogP contribution in [0.2, 0.25) is 0 Å². The molecular weight excluding hydrogens is 354 g/mol. The second-order valence-corrected chi connectivity index (χ2v) is 7.00. The van der Waals surface area contributed by atoms with Crippen molar-refractivity contribution in [2.75, 3.05) is 20.2 Å². The largest absolute Gasteiger partial charge is 0.496 e. The lowest BCUT2D eigenvalue weighted by Gasteiger charge is -2.35. The number of nitrogens with zero attached hydrogens (tertiary/aromatic N) is 1. The van der Waals surface area contributed by atoms with Crippen LogP contribution in [0.1, 0.15) is 23.1 Å². The number of piperazine rings is 1. The molecule has 2 aromatic rings. The molecule has 2 amide bonds. The van der Waals surface area contributed by atoms with Gasteiger partial charge in [0.15, 0.2) is 0 Å². The van der Waals surface area contributed by atoms with Crippen LogP contribution in [0, 0.1) is 6.92 Å². The molecule has 1 unspecified atom stereocenters. The van der Waals surface area contributed by atoms with Gasteiger partial charge in [-0.3, -0.25) is 14.5 Å². The number of rotatable bonds is 7. The van der Waals surface area contributed by atoms with Crippen molar-refractivity contribution in [1.82, 2.24) is 15.5 Å². The summed E-state index contributed by atoms with van der Waals surface area (Å²) in [5.74, 6) is 0.495. The van der Waals surface area contributed by atoms with Crippen molar-refractivity contribution in [3.05, 3.63) is 65.2 Å². The van der Waals surface area contributed by atoms with E-state index in [0.717, 1.165) is 17.9 Å². The zero-order valence-corrected chi connectivity index (χ0v) is 16.4. The lowest BCUT2D eigenvalue weighted by molar-refractivity contribution is -0.134. The van der Waals surface area contributed by atoms with Crippen molar-refractivity contribution in [1.29, 1.82) is 0 Å². The van der Waals surface area contributed by atoms with E-state index in [1.54, 1.807) is 7.11 Å². The van der Waals surface area contributed by atoms with Gasteiger partial charge in [0.25, 0.3) is 0 Å². The van der Waals surface area contributed by atoms with Crippen LogP contribution in [0.3, 0.4) is 0 Å². The van der Waals surface area contributed by atoms with E-state index in [4.69, 9.17) is 4.74 Å². The van der Waals surface area contributed by atoms with Gasteiger partial charge in [0.1, 0.15) is 5.75 Å². The third-order valence-corrected chi connectivity index (χ3v) is 5.12. The van der Waals surface area contributed by atoms with Crippen LogP contribution in [0.5, 0.6) is 5.75 Å². The van der Waals surface area contributed by atoms with Crippen LogP contribution >= 0.6 is 0 Å². The Hall–Kier alpha value is -2.86. The van der Waals surface area contributed by atoms with Gasteiger partial charge >= 0.3 is 0 Å². The second kappa shape index (κ2) is 9.37. The molecule has 0 spiro atoms. The van der Waals surface area contributed by atoms with Gasteiger partial charge in [-0.25, -0.2) is 0 Å². The van der Waals surface area contributed by atoms with Crippen molar-refractivity contribution in [2.24, 2.45) is 0 Å². The summed E-state index contributed by atoms with van der Waals surface area (Å²) >= 11 is 0. The van der Waals surface area contributed by atoms with Gasteiger partial charge in [0.05, 0.1) is 19.6 Å². The highest BCUT2D eigenvalue weighted by molar-refractivity contribution is 5.88. The molecule has 28 heavy (non-hydrogen) atoms. The minimum absolute atomic E-state index is 0.0905. The Bertz CT molecular complexity index is 837. The number of carbonyl (C=O) groups excluding carboxylic acids is 2. The van der Waals surface area contributed by atoms with Crippen LogP contribution in [-0.4, -0.2) is 43.0 Å². The standard InChI is InChI=1S/C22H27N3O3/c1-16-7-3-4-9-18(16)15-25-12-11-23-22(27)19(25)13-21(26)24-14-17-8-5-6-10-20(17)28-2/h3-10,19H,11-15H2,1-2H3,(H,23,27)(H,24,26). The summed E-state index contributed by atoms with van der Waals surface area (Å²) in [5.41, 5.74) is 3.27. The van der Waals surface area contributed by atoms with Crippen LogP contribution in [0.15, 0.2) is 48.5 Å². The first kappa shape index (κ1) is 19.9. The first-order chi connectivity index (χ1) is 13.6. The maximum Gasteiger partial charge on any atom is 0.237 e. The smallest absolute Gasteiger partial charge is 0.237 e. The normalized spacial score (nSPS) is 17.1. The van der Waals surface area contributed by atoms with Crippen LogP contribution < -0.4 is 15.4 Å². The summed E-state index contributed by atoms with van der Waals surface area (Å²) in [6.45, 7) is 4.42. The van der Waals surface area contributed by atoms with E-state index >= 15 is 0 Å². The predicted molar refractivity (Wildman–Crippen MR) is 108 cm³/mol. The number of ether oxygens (including phenoxy) is 1. The Morgan fingerprint density at radius 2 is 1.89 bits per heavy atom. The number of methoxy groups -OCH3 is 1. The molecule has 0 bridgehead atoms. The first-order valence-electron chi connectivity index (χ1n) is 9.53. The van der Waals surface area contributed by atoms with Gasteiger partial charge in [0, 0.05) is 31.7 Å². The highest BCUT2D eigenvalue weighted by Crippen LogP contribution is 2.18. The average molecular weight is 381 g/mol. The van der Waals surface area contributed by atoms with E-state index in [-0.39, 0.29) is 18.2 Å². The first-order valence-corrected chi connectivity index (χ1v) is 9.53. The van der Waals surface area contributed by atoms with E-state index < -0.39 is 6.04 Å². The predicted octanol–water partition coefficient (Wildman–Crippen LogP) is 2.01. The molecule has 0 saturated carbocycles. The molecular formula is C22H27N3O3. The SMILES string of the molecule is COc1ccccc1CNC(=O)CC1C(=O)NCCN1Cc1ccccc1C. The van der Waals surface area contributed by atoms with Crippen LogP contribution in [-0.2, 0) is 22.7 Å². The molecule has 2 aromatic carbocycles. The van der Waals surface area contributed by atoms with E-state index in [0.29, 0.717) is 19.6 Å². The number of hydrogen-bond donors (Lipinski definition) is 2. The molecule has 0 aliphatic carbocycles. The summed E-state index contributed by atoms with van der Waals surface area (Å²) in [6, 6.07) is 15.2. The summed E-state index contributed by atoms with van der Waals surface area (Å²) in [5, 5.41) is 5.79. The third-order valence-electron chi connectivity index (χ3n) is 5.12. The summed E-state index contributed by atoms with van der Waals surface area (Å²) in [6.07, 6.45) is 0.132. The highest BCUT2D eigenvalue weighted by Gasteiger charge is 2.31. The number of carbonyl (C=O) groups is 2. The maximum atomic E-state index is 12.5. The van der Waals surface area contributed by atoms with Crippen LogP contribution in [0.4, 0.5) is 0 Å². The summed E-state index contributed by atoms with van der Waals surface area (Å²) < 4.78 is 5.32. The topological polar surface area (TPSA) is 70.7 Å². The van der Waals surface area contributed by atoms with E-state index in [1.165, 1.54) is 11.1 Å². The van der Waals surface area contributed by atoms with Crippen molar-refractivity contribution < 1.29 is 14.3 Å². The zero-order chi connectivity index (χ0) is 19.9. The Labute approximate surface area is 165 Å². The second-order valence-electron chi connectivity index (χ2n) is 7.00. The molecule has 0 aromatic heterocycles. The van der Waals surface area contributed by atoms with Gasteiger partial charge in [-0.2, -0.15) is 0 Å². The van der Waals surface area contributed by atoms with Gasteiger partial charge in [-0.05, 0) is 24.1 Å². The van der Waals surface area contributed by atoms with Crippen molar-refractivity contribution >= 4 is 11.8 Å². The highest BCUT2D eigenvalue weighted by atomic mass is 16.5. The molecule has 1 heterocycles. The molecule has 1 atom stereocenters. The third kappa shape index (κ3) is 4.89. The van der Waals surface area contributed by atoms with Crippen molar-refractivity contribution in [3.8, 4) is 5.75 Å². The Kier molecular flexibility index (Phi) is 6.66. The number of aryl methyl sites for hydroxylation is 1. The number of benzene rings is 2. The molecule has 6 nitrogen and oxygen atoms in total. The fourth-order valence-corrected chi connectivity index (χ4v) is 3.47. The van der Waals surface area contributed by atoms with Gasteiger partial charge in [-0.15, -0.1) is 0 Å². The maximum absolute atomic E-state index is 12.5. The molecule has 0 radical (unpaired) electrons. The van der Waals surface area contributed by atoms with Crippen LogP contribution in [0.25, 0.3) is 0 Å². The molecule has 1 saturated heterocycles. The van der Waals surface area contributed by atoms with E-state index in [1.807, 2.05) is 36.4 Å². The van der Waals surface area contributed by atoms with Crippen molar-refractivity contribution in [2.45, 2.75) is 32.5 Å². The summed E-state index contributed by atoms with van der Waals surface area (Å²) in [7, 11) is 1.61. The Balaban J connectivity index is 1.63. The lowest BCUT2D eigenvalue weighted by atomic mass is 10.0. The minimum Gasteiger partial charge on any atom is -0.496 e. The molecule has 3 rings (SSSR count). The van der Waals surface area contributed by atoms with Gasteiger partial charge in [-0.1, -0.05) is 42.5 Å². The van der Waals surface area contributed by atoms with E-state index in [2.05, 4.69) is 34.6 Å². The Morgan fingerprint density at radius 1 is 1.18 bits per heavy atom. The number of para-hydroxylation sites is 1. The quantitative estimate of drug-likeness (QED) is 0.770. The molecule has 1 aliphatic rings. The molecule has 6 heteroatoms. The monoisotopic (exact) mass is 381 g/mol. The molecule has 1 aliphatic heterocycles. The minimum atomic E-state index is -0.467. The van der Waals surface area contributed by atoms with E-state index in [9.17, 15) is 9.59 Å². The number of amides is 2. The van der Waals surface area contributed by atoms with Crippen molar-refractivity contribution in [3.63, 3.8) is 0 Å². The zero-order valence-electron chi connectivity index (χ0n) is 16.4.